The number of para-hydroxylation sites is 1. The first-order valence-electron chi connectivity index (χ1n) is 11.8. The second kappa shape index (κ2) is 11.7. The molecular formula is C29H36ClNO2. The van der Waals surface area contributed by atoms with Gasteiger partial charge in [-0.25, -0.2) is 0 Å². The van der Waals surface area contributed by atoms with E-state index in [1.165, 1.54) is 17.5 Å². The fourth-order valence-corrected chi connectivity index (χ4v) is 5.29. The lowest BCUT2D eigenvalue weighted by Gasteiger charge is -2.46. The molecule has 3 atom stereocenters. The van der Waals surface area contributed by atoms with Crippen LogP contribution >= 0.6 is 12.4 Å². The van der Waals surface area contributed by atoms with E-state index in [9.17, 15) is 5.11 Å². The number of nitrogens with zero attached hydrogens (tertiary/aromatic N) is 1. The molecule has 0 bridgehead atoms. The van der Waals surface area contributed by atoms with Crippen LogP contribution in [-0.2, 0) is 6.42 Å². The van der Waals surface area contributed by atoms with Gasteiger partial charge in [0, 0.05) is 12.0 Å². The normalized spacial score (nSPS) is 21.3. The number of hydrogen-bond acceptors (Lipinski definition) is 3. The molecule has 1 aliphatic carbocycles. The number of ether oxygens (including phenoxy) is 1. The van der Waals surface area contributed by atoms with Crippen molar-refractivity contribution in [2.24, 2.45) is 5.92 Å². The smallest absolute Gasteiger partial charge is 0.127 e. The van der Waals surface area contributed by atoms with Crippen molar-refractivity contribution in [1.82, 2.24) is 4.90 Å². The van der Waals surface area contributed by atoms with E-state index in [1.54, 1.807) is 0 Å². The Balaban J connectivity index is 0.00000306. The Hall–Kier alpha value is -2.33. The predicted molar refractivity (Wildman–Crippen MR) is 138 cm³/mol. The summed E-state index contributed by atoms with van der Waals surface area (Å²) >= 11 is 0. The molecule has 1 saturated carbocycles. The van der Waals surface area contributed by atoms with Gasteiger partial charge in [-0.2, -0.15) is 0 Å². The van der Waals surface area contributed by atoms with E-state index in [1.807, 2.05) is 42.5 Å². The zero-order chi connectivity index (χ0) is 22.4. The second-order valence-electron chi connectivity index (χ2n) is 9.34. The summed E-state index contributed by atoms with van der Waals surface area (Å²) in [6.07, 6.45) is 5.88. The third-order valence-corrected chi connectivity index (χ3v) is 6.87. The van der Waals surface area contributed by atoms with Crippen LogP contribution in [-0.4, -0.2) is 29.7 Å². The van der Waals surface area contributed by atoms with Crippen molar-refractivity contribution in [3.63, 3.8) is 0 Å². The Labute approximate surface area is 204 Å². The first kappa shape index (κ1) is 25.3. The molecule has 1 N–H and O–H groups in total. The third-order valence-electron chi connectivity index (χ3n) is 6.87. The van der Waals surface area contributed by atoms with Crippen LogP contribution in [0.2, 0.25) is 0 Å². The largest absolute Gasteiger partial charge is 0.457 e. The molecule has 1 aliphatic rings. The topological polar surface area (TPSA) is 32.7 Å². The summed E-state index contributed by atoms with van der Waals surface area (Å²) in [5.41, 5.74) is 1.83. The highest BCUT2D eigenvalue weighted by atomic mass is 35.5. The van der Waals surface area contributed by atoms with E-state index in [0.717, 1.165) is 43.6 Å². The summed E-state index contributed by atoms with van der Waals surface area (Å²) in [5, 5.41) is 11.9. The zero-order valence-corrected chi connectivity index (χ0v) is 20.5. The lowest BCUT2D eigenvalue weighted by Crippen LogP contribution is -2.47. The highest BCUT2D eigenvalue weighted by Gasteiger charge is 2.44. The second-order valence-corrected chi connectivity index (χ2v) is 9.34. The van der Waals surface area contributed by atoms with Gasteiger partial charge in [0.15, 0.2) is 0 Å². The summed E-state index contributed by atoms with van der Waals surface area (Å²) in [5.74, 6) is 1.86. The number of hydrogen-bond donors (Lipinski definition) is 1. The molecule has 0 aromatic heterocycles. The van der Waals surface area contributed by atoms with Crippen LogP contribution in [0.4, 0.5) is 0 Å². The van der Waals surface area contributed by atoms with Crippen molar-refractivity contribution in [3.8, 4) is 11.5 Å². The van der Waals surface area contributed by atoms with E-state index in [2.05, 4.69) is 61.5 Å². The number of aryl methyl sites for hydroxylation is 1. The van der Waals surface area contributed by atoms with E-state index >= 15 is 0 Å². The van der Waals surface area contributed by atoms with Gasteiger partial charge < -0.3 is 14.7 Å². The lowest BCUT2D eigenvalue weighted by atomic mass is 9.67. The van der Waals surface area contributed by atoms with Crippen LogP contribution in [0.15, 0.2) is 84.9 Å². The van der Waals surface area contributed by atoms with Gasteiger partial charge in [0.25, 0.3) is 0 Å². The molecule has 4 heteroatoms. The first-order chi connectivity index (χ1) is 15.5. The van der Waals surface area contributed by atoms with E-state index in [4.69, 9.17) is 4.74 Å². The molecule has 33 heavy (non-hydrogen) atoms. The molecule has 3 aromatic carbocycles. The molecule has 3 unspecified atom stereocenters. The Kier molecular flexibility index (Phi) is 8.96. The van der Waals surface area contributed by atoms with Crippen molar-refractivity contribution < 1.29 is 9.84 Å². The highest BCUT2D eigenvalue weighted by Crippen LogP contribution is 2.46. The maximum atomic E-state index is 11.9. The van der Waals surface area contributed by atoms with Crippen molar-refractivity contribution in [1.29, 1.82) is 0 Å². The van der Waals surface area contributed by atoms with Gasteiger partial charge in [0.05, 0.1) is 5.60 Å². The van der Waals surface area contributed by atoms with Crippen molar-refractivity contribution in [3.05, 3.63) is 96.1 Å². The monoisotopic (exact) mass is 465 g/mol. The average molecular weight is 466 g/mol. The summed E-state index contributed by atoms with van der Waals surface area (Å²) in [6, 6.07) is 29.0. The molecular weight excluding hydrogens is 430 g/mol. The zero-order valence-electron chi connectivity index (χ0n) is 19.7. The molecule has 4 rings (SSSR count). The minimum absolute atomic E-state index is 0. The average Bonchev–Trinajstić information content (AvgIpc) is 2.81. The Morgan fingerprint density at radius 2 is 1.58 bits per heavy atom. The fourth-order valence-electron chi connectivity index (χ4n) is 5.29. The Morgan fingerprint density at radius 1 is 0.909 bits per heavy atom. The Morgan fingerprint density at radius 3 is 2.27 bits per heavy atom. The van der Waals surface area contributed by atoms with Gasteiger partial charge in [-0.15, -0.1) is 12.4 Å². The van der Waals surface area contributed by atoms with Crippen molar-refractivity contribution in [2.75, 3.05) is 14.1 Å². The highest BCUT2D eigenvalue weighted by molar-refractivity contribution is 5.85. The molecule has 0 amide bonds. The van der Waals surface area contributed by atoms with Crippen LogP contribution in [0.25, 0.3) is 0 Å². The molecule has 0 saturated heterocycles. The lowest BCUT2D eigenvalue weighted by molar-refractivity contribution is -0.0829. The molecule has 3 nitrogen and oxygen atoms in total. The minimum Gasteiger partial charge on any atom is -0.457 e. The number of rotatable bonds is 8. The summed E-state index contributed by atoms with van der Waals surface area (Å²) in [7, 11) is 4.25. The summed E-state index contributed by atoms with van der Waals surface area (Å²) < 4.78 is 6.11. The van der Waals surface area contributed by atoms with Crippen LogP contribution in [0.5, 0.6) is 11.5 Å². The van der Waals surface area contributed by atoms with E-state index < -0.39 is 5.60 Å². The molecule has 0 heterocycles. The van der Waals surface area contributed by atoms with Gasteiger partial charge in [-0.3, -0.25) is 0 Å². The van der Waals surface area contributed by atoms with Gasteiger partial charge in [0.1, 0.15) is 11.5 Å². The molecule has 0 radical (unpaired) electrons. The standard InChI is InChI=1S/C29H35NO2.ClH/c1-30(2)28(24-14-11-17-26(22-24)32-25-15-7-4-8-16-25)27-18-9-10-20-29(27,31)21-19-23-12-5-3-6-13-23;/h3-8,11-17,22,27-28,31H,9-10,18-21H2,1-2H3;1H. The van der Waals surface area contributed by atoms with E-state index in [-0.39, 0.29) is 24.4 Å². The van der Waals surface area contributed by atoms with Crippen LogP contribution in [0.3, 0.4) is 0 Å². The van der Waals surface area contributed by atoms with Crippen LogP contribution < -0.4 is 4.74 Å². The van der Waals surface area contributed by atoms with Gasteiger partial charge in [-0.05, 0) is 75.2 Å². The van der Waals surface area contributed by atoms with Gasteiger partial charge in [-0.1, -0.05) is 73.5 Å². The SMILES string of the molecule is CN(C)C(c1cccc(Oc2ccccc2)c1)C1CCCCC1(O)CCc1ccccc1.Cl. The summed E-state index contributed by atoms with van der Waals surface area (Å²) in [4.78, 5) is 2.27. The Bertz CT molecular complexity index is 979. The quantitative estimate of drug-likeness (QED) is 0.386. The van der Waals surface area contributed by atoms with Crippen molar-refractivity contribution >= 4 is 12.4 Å². The molecule has 0 spiro atoms. The van der Waals surface area contributed by atoms with Gasteiger partial charge >= 0.3 is 0 Å². The summed E-state index contributed by atoms with van der Waals surface area (Å²) in [6.45, 7) is 0. The first-order valence-corrected chi connectivity index (χ1v) is 11.8. The minimum atomic E-state index is -0.667. The maximum absolute atomic E-state index is 11.9. The molecule has 176 valence electrons. The molecule has 0 aliphatic heterocycles. The number of benzene rings is 3. The maximum Gasteiger partial charge on any atom is 0.127 e. The number of aliphatic hydroxyl groups is 1. The van der Waals surface area contributed by atoms with Crippen LogP contribution in [0.1, 0.15) is 49.3 Å². The fraction of sp³-hybridized carbons (Fsp3) is 0.379. The van der Waals surface area contributed by atoms with E-state index in [0.29, 0.717) is 0 Å². The number of halogens is 1. The molecule has 3 aromatic rings. The third kappa shape index (κ3) is 6.38. The van der Waals surface area contributed by atoms with Crippen LogP contribution in [0, 0.1) is 5.92 Å². The predicted octanol–water partition coefficient (Wildman–Crippen LogP) is 7.06. The molecule has 1 fully saturated rings. The van der Waals surface area contributed by atoms with Gasteiger partial charge in [0.2, 0.25) is 0 Å². The van der Waals surface area contributed by atoms with Crippen molar-refractivity contribution in [2.45, 2.75) is 50.2 Å².